The summed E-state index contributed by atoms with van der Waals surface area (Å²) in [5.74, 6) is -0.435. The van der Waals surface area contributed by atoms with E-state index < -0.39 is 0 Å². The van der Waals surface area contributed by atoms with Gasteiger partial charge in [-0.15, -0.1) is 0 Å². The Morgan fingerprint density at radius 3 is 2.75 bits per heavy atom. The third kappa shape index (κ3) is 2.95. The second kappa shape index (κ2) is 6.09. The van der Waals surface area contributed by atoms with E-state index in [0.717, 1.165) is 0 Å². The topological polar surface area (TPSA) is 67.8 Å². The largest absolute Gasteiger partial charge is 0.507 e. The third-order valence-electron chi connectivity index (χ3n) is 2.04. The molecule has 0 fully saturated rings. The normalized spacial score (nSPS) is 10.1. The molecule has 0 saturated heterocycles. The van der Waals surface area contributed by atoms with Gasteiger partial charge < -0.3 is 19.9 Å². The number of carbonyl (C=O) groups is 1. The van der Waals surface area contributed by atoms with Crippen LogP contribution in [0.4, 0.5) is 0 Å². The number of nitrogens with one attached hydrogen (secondary N) is 1. The molecule has 2 N–H and O–H groups in total. The molecule has 0 aromatic heterocycles. The van der Waals surface area contributed by atoms with E-state index in [-0.39, 0.29) is 30.6 Å². The first-order chi connectivity index (χ1) is 7.70. The Morgan fingerprint density at radius 2 is 2.12 bits per heavy atom. The number of aromatic hydroxyl groups is 1. The summed E-state index contributed by atoms with van der Waals surface area (Å²) in [6.07, 6.45) is 0. The van der Waals surface area contributed by atoms with Gasteiger partial charge in [-0.1, -0.05) is 12.1 Å². The first kappa shape index (κ1) is 12.5. The standard InChI is InChI=1S/C11H15NO4/c1-15-6-8-4-3-5-9(10(8)13)11(14)12-7-16-2/h3-5,13H,6-7H2,1-2H3,(H,12,14). The zero-order valence-corrected chi connectivity index (χ0v) is 9.32. The SMILES string of the molecule is COCNC(=O)c1cccc(COC)c1O. The van der Waals surface area contributed by atoms with E-state index in [4.69, 9.17) is 9.47 Å². The molecule has 0 aliphatic rings. The monoisotopic (exact) mass is 225 g/mol. The number of para-hydroxylation sites is 1. The molecule has 1 aromatic rings. The Kier molecular flexibility index (Phi) is 4.75. The van der Waals surface area contributed by atoms with Gasteiger partial charge in [0.2, 0.25) is 0 Å². The van der Waals surface area contributed by atoms with Crippen LogP contribution < -0.4 is 5.32 Å². The highest BCUT2D eigenvalue weighted by Gasteiger charge is 2.13. The van der Waals surface area contributed by atoms with Crippen LogP contribution in [0.1, 0.15) is 15.9 Å². The van der Waals surface area contributed by atoms with Crippen molar-refractivity contribution in [3.8, 4) is 5.75 Å². The number of benzene rings is 1. The molecule has 0 radical (unpaired) electrons. The molecular weight excluding hydrogens is 210 g/mol. The fourth-order valence-electron chi connectivity index (χ4n) is 1.28. The van der Waals surface area contributed by atoms with Gasteiger partial charge in [0.15, 0.2) is 0 Å². The number of rotatable bonds is 5. The average molecular weight is 225 g/mol. The quantitative estimate of drug-likeness (QED) is 0.730. The molecule has 0 unspecified atom stereocenters. The number of ether oxygens (including phenoxy) is 2. The highest BCUT2D eigenvalue weighted by atomic mass is 16.5. The van der Waals surface area contributed by atoms with Gasteiger partial charge in [-0.3, -0.25) is 4.79 Å². The highest BCUT2D eigenvalue weighted by Crippen LogP contribution is 2.22. The van der Waals surface area contributed by atoms with Crippen LogP contribution in [0, 0.1) is 0 Å². The zero-order valence-electron chi connectivity index (χ0n) is 9.32. The number of methoxy groups -OCH3 is 2. The molecule has 0 atom stereocenters. The van der Waals surface area contributed by atoms with Crippen LogP contribution in [-0.2, 0) is 16.1 Å². The summed E-state index contributed by atoms with van der Waals surface area (Å²) in [7, 11) is 3.00. The van der Waals surface area contributed by atoms with Gasteiger partial charge in [-0.25, -0.2) is 0 Å². The molecule has 0 spiro atoms. The Bertz CT molecular complexity index is 365. The van der Waals surface area contributed by atoms with Crippen LogP contribution in [0.3, 0.4) is 0 Å². The molecular formula is C11H15NO4. The maximum absolute atomic E-state index is 11.6. The molecule has 0 aliphatic carbocycles. The smallest absolute Gasteiger partial charge is 0.256 e. The van der Waals surface area contributed by atoms with Crippen molar-refractivity contribution >= 4 is 5.91 Å². The Hall–Kier alpha value is -1.59. The van der Waals surface area contributed by atoms with Gasteiger partial charge in [0.1, 0.15) is 12.5 Å². The Morgan fingerprint density at radius 1 is 1.38 bits per heavy atom. The average Bonchev–Trinajstić information content (AvgIpc) is 2.29. The van der Waals surface area contributed by atoms with Crippen LogP contribution in [0.15, 0.2) is 18.2 Å². The lowest BCUT2D eigenvalue weighted by molar-refractivity contribution is 0.0869. The minimum absolute atomic E-state index is 0.0575. The van der Waals surface area contributed by atoms with E-state index in [9.17, 15) is 9.90 Å². The first-order valence-electron chi connectivity index (χ1n) is 4.77. The molecule has 16 heavy (non-hydrogen) atoms. The molecule has 5 heteroatoms. The van der Waals surface area contributed by atoms with Crippen LogP contribution in [-0.4, -0.2) is 32.0 Å². The van der Waals surface area contributed by atoms with Gasteiger partial charge in [-0.2, -0.15) is 0 Å². The van der Waals surface area contributed by atoms with Gasteiger partial charge in [0.05, 0.1) is 12.2 Å². The fourth-order valence-corrected chi connectivity index (χ4v) is 1.28. The van der Waals surface area contributed by atoms with Crippen molar-refractivity contribution in [3.05, 3.63) is 29.3 Å². The minimum atomic E-state index is -0.377. The van der Waals surface area contributed by atoms with E-state index >= 15 is 0 Å². The van der Waals surface area contributed by atoms with Crippen molar-refractivity contribution in [2.24, 2.45) is 0 Å². The number of amides is 1. The van der Waals surface area contributed by atoms with Gasteiger partial charge in [-0.05, 0) is 6.07 Å². The minimum Gasteiger partial charge on any atom is -0.507 e. The van der Waals surface area contributed by atoms with Gasteiger partial charge >= 0.3 is 0 Å². The summed E-state index contributed by atoms with van der Waals surface area (Å²) in [5.41, 5.74) is 0.791. The number of phenols is 1. The van der Waals surface area contributed by atoms with Crippen LogP contribution >= 0.6 is 0 Å². The second-order valence-corrected chi connectivity index (χ2v) is 3.19. The van der Waals surface area contributed by atoms with Crippen molar-refractivity contribution in [2.45, 2.75) is 6.61 Å². The summed E-state index contributed by atoms with van der Waals surface area (Å²) in [6.45, 7) is 0.365. The molecule has 5 nitrogen and oxygen atoms in total. The predicted octanol–water partition coefficient (Wildman–Crippen LogP) is 0.872. The number of carbonyl (C=O) groups excluding carboxylic acids is 1. The number of hydrogen-bond donors (Lipinski definition) is 2. The second-order valence-electron chi connectivity index (χ2n) is 3.19. The zero-order chi connectivity index (χ0) is 12.0. The fraction of sp³-hybridized carbons (Fsp3) is 0.364. The predicted molar refractivity (Wildman–Crippen MR) is 58.2 cm³/mol. The molecule has 0 aliphatic heterocycles. The van der Waals surface area contributed by atoms with Crippen molar-refractivity contribution in [2.75, 3.05) is 21.0 Å². The molecule has 1 rings (SSSR count). The summed E-state index contributed by atoms with van der Waals surface area (Å²) >= 11 is 0. The molecule has 0 saturated carbocycles. The lowest BCUT2D eigenvalue weighted by Gasteiger charge is -2.09. The Balaban J connectivity index is 2.87. The van der Waals surface area contributed by atoms with Crippen molar-refractivity contribution in [1.29, 1.82) is 0 Å². The van der Waals surface area contributed by atoms with Crippen molar-refractivity contribution in [1.82, 2.24) is 5.32 Å². The molecule has 0 bridgehead atoms. The summed E-state index contributed by atoms with van der Waals surface area (Å²) in [5, 5.41) is 12.3. The molecule has 1 amide bonds. The van der Waals surface area contributed by atoms with E-state index in [2.05, 4.69) is 5.32 Å². The van der Waals surface area contributed by atoms with Crippen LogP contribution in [0.25, 0.3) is 0 Å². The molecule has 88 valence electrons. The van der Waals surface area contributed by atoms with Gasteiger partial charge in [0, 0.05) is 19.8 Å². The van der Waals surface area contributed by atoms with E-state index in [1.54, 1.807) is 18.2 Å². The molecule has 0 heterocycles. The van der Waals surface area contributed by atoms with E-state index in [1.807, 2.05) is 0 Å². The van der Waals surface area contributed by atoms with Crippen LogP contribution in [0.5, 0.6) is 5.75 Å². The number of hydrogen-bond acceptors (Lipinski definition) is 4. The summed E-state index contributed by atoms with van der Waals surface area (Å²) in [4.78, 5) is 11.6. The third-order valence-corrected chi connectivity index (χ3v) is 2.04. The van der Waals surface area contributed by atoms with Crippen LogP contribution in [0.2, 0.25) is 0 Å². The van der Waals surface area contributed by atoms with Crippen molar-refractivity contribution < 1.29 is 19.4 Å². The molecule has 1 aromatic carbocycles. The van der Waals surface area contributed by atoms with E-state index in [0.29, 0.717) is 5.56 Å². The number of phenolic OH excluding ortho intramolecular Hbond substituents is 1. The summed E-state index contributed by atoms with van der Waals surface area (Å²) in [6, 6.07) is 4.93. The Labute approximate surface area is 94.0 Å². The van der Waals surface area contributed by atoms with Crippen molar-refractivity contribution in [3.63, 3.8) is 0 Å². The van der Waals surface area contributed by atoms with E-state index in [1.165, 1.54) is 14.2 Å². The maximum Gasteiger partial charge on any atom is 0.256 e. The highest BCUT2D eigenvalue weighted by molar-refractivity contribution is 5.97. The lowest BCUT2D eigenvalue weighted by Crippen LogP contribution is -2.25. The maximum atomic E-state index is 11.6. The summed E-state index contributed by atoms with van der Waals surface area (Å²) < 4.78 is 9.62. The first-order valence-corrected chi connectivity index (χ1v) is 4.77. The van der Waals surface area contributed by atoms with Gasteiger partial charge in [0.25, 0.3) is 5.91 Å². The lowest BCUT2D eigenvalue weighted by atomic mass is 10.1.